The second-order valence-electron chi connectivity index (χ2n) is 2.55. The van der Waals surface area contributed by atoms with Crippen molar-refractivity contribution in [3.63, 3.8) is 0 Å². The molecule has 1 amide bonds. The van der Waals surface area contributed by atoms with Gasteiger partial charge in [0.05, 0.1) is 19.8 Å². The lowest BCUT2D eigenvalue weighted by Crippen LogP contribution is -2.13. The normalized spacial score (nSPS) is 9.64. The maximum atomic E-state index is 13.1. The van der Waals surface area contributed by atoms with E-state index in [1.54, 1.807) is 0 Å². The van der Waals surface area contributed by atoms with Crippen LogP contribution in [0.4, 0.5) is 4.39 Å². The van der Waals surface area contributed by atoms with Crippen molar-refractivity contribution in [2.75, 3.05) is 14.2 Å². The van der Waals surface area contributed by atoms with Crippen LogP contribution in [0.15, 0.2) is 12.1 Å². The first kappa shape index (κ1) is 10.3. The quantitative estimate of drug-likeness (QED) is 0.788. The zero-order valence-electron chi connectivity index (χ0n) is 7.83. The fourth-order valence-corrected chi connectivity index (χ4v) is 1.05. The van der Waals surface area contributed by atoms with E-state index in [1.165, 1.54) is 20.3 Å². The van der Waals surface area contributed by atoms with Gasteiger partial charge in [0.15, 0.2) is 11.6 Å². The summed E-state index contributed by atoms with van der Waals surface area (Å²) in [4.78, 5) is 10.9. The van der Waals surface area contributed by atoms with Crippen LogP contribution in [0.2, 0.25) is 0 Å². The molecule has 14 heavy (non-hydrogen) atoms. The van der Waals surface area contributed by atoms with Crippen molar-refractivity contribution in [3.8, 4) is 11.5 Å². The molecule has 1 rings (SSSR count). The molecule has 4 nitrogen and oxygen atoms in total. The summed E-state index contributed by atoms with van der Waals surface area (Å²) < 4.78 is 22.7. The molecule has 0 radical (unpaired) electrons. The molecule has 5 heteroatoms. The Kier molecular flexibility index (Phi) is 2.91. The number of halogens is 1. The Morgan fingerprint density at radius 3 is 2.29 bits per heavy atom. The molecular weight excluding hydrogens is 189 g/mol. The Hall–Kier alpha value is -1.78. The highest BCUT2D eigenvalue weighted by Crippen LogP contribution is 2.27. The molecule has 0 heterocycles. The van der Waals surface area contributed by atoms with Gasteiger partial charge in [-0.2, -0.15) is 0 Å². The molecule has 0 atom stereocenters. The molecule has 0 bridgehead atoms. The Labute approximate surface area is 80.4 Å². The highest BCUT2D eigenvalue weighted by atomic mass is 19.1. The summed E-state index contributed by atoms with van der Waals surface area (Å²) in [7, 11) is 2.68. The van der Waals surface area contributed by atoms with E-state index < -0.39 is 11.7 Å². The van der Waals surface area contributed by atoms with Crippen LogP contribution in [0.25, 0.3) is 0 Å². The lowest BCUT2D eigenvalue weighted by atomic mass is 10.1. The molecule has 0 spiro atoms. The standard InChI is InChI=1S/C9H10FNO3/c1-13-7-4-8(14-2)6(10)3-5(7)9(11)12/h3-4H,1-2H3,(H2,11,12). The first-order chi connectivity index (χ1) is 6.60. The molecule has 0 aliphatic heterocycles. The Balaban J connectivity index is 3.31. The molecule has 0 aliphatic rings. The van der Waals surface area contributed by atoms with Crippen molar-refractivity contribution in [2.24, 2.45) is 5.73 Å². The summed E-state index contributed by atoms with van der Waals surface area (Å²) in [6.45, 7) is 0. The number of ether oxygens (including phenoxy) is 2. The summed E-state index contributed by atoms with van der Waals surface area (Å²) in [5, 5.41) is 0. The van der Waals surface area contributed by atoms with Gasteiger partial charge in [0, 0.05) is 6.07 Å². The molecule has 0 aliphatic carbocycles. The van der Waals surface area contributed by atoms with Gasteiger partial charge in [-0.3, -0.25) is 4.79 Å². The van der Waals surface area contributed by atoms with Crippen molar-refractivity contribution in [2.45, 2.75) is 0 Å². The van der Waals surface area contributed by atoms with Crippen molar-refractivity contribution in [3.05, 3.63) is 23.5 Å². The number of carbonyl (C=O) groups is 1. The summed E-state index contributed by atoms with van der Waals surface area (Å²) in [5.74, 6) is -1.20. The van der Waals surface area contributed by atoms with E-state index in [4.69, 9.17) is 15.2 Å². The number of hydrogen-bond donors (Lipinski definition) is 1. The lowest BCUT2D eigenvalue weighted by Gasteiger charge is -2.08. The second-order valence-corrected chi connectivity index (χ2v) is 2.55. The topological polar surface area (TPSA) is 61.6 Å². The third-order valence-electron chi connectivity index (χ3n) is 1.74. The molecule has 76 valence electrons. The average molecular weight is 199 g/mol. The van der Waals surface area contributed by atoms with Crippen LogP contribution in [-0.4, -0.2) is 20.1 Å². The summed E-state index contributed by atoms with van der Waals surface area (Å²) >= 11 is 0. The maximum absolute atomic E-state index is 13.1. The molecule has 0 aromatic heterocycles. The largest absolute Gasteiger partial charge is 0.496 e. The molecule has 2 N–H and O–H groups in total. The predicted molar refractivity (Wildman–Crippen MR) is 48.0 cm³/mol. The van der Waals surface area contributed by atoms with E-state index in [1.807, 2.05) is 0 Å². The molecule has 0 unspecified atom stereocenters. The number of carbonyl (C=O) groups excluding carboxylic acids is 1. The van der Waals surface area contributed by atoms with E-state index in [-0.39, 0.29) is 17.1 Å². The minimum absolute atomic E-state index is 0.00634. The van der Waals surface area contributed by atoms with Crippen molar-refractivity contribution >= 4 is 5.91 Å². The summed E-state index contributed by atoms with van der Waals surface area (Å²) in [6.07, 6.45) is 0. The van der Waals surface area contributed by atoms with Crippen LogP contribution >= 0.6 is 0 Å². The molecular formula is C9H10FNO3. The van der Waals surface area contributed by atoms with Gasteiger partial charge in [-0.1, -0.05) is 0 Å². The van der Waals surface area contributed by atoms with Crippen molar-refractivity contribution in [1.29, 1.82) is 0 Å². The summed E-state index contributed by atoms with van der Waals surface area (Å²) in [5.41, 5.74) is 5.02. The third kappa shape index (κ3) is 1.76. The van der Waals surface area contributed by atoms with E-state index in [9.17, 15) is 9.18 Å². The smallest absolute Gasteiger partial charge is 0.252 e. The van der Waals surface area contributed by atoms with E-state index in [0.29, 0.717) is 0 Å². The first-order valence-corrected chi connectivity index (χ1v) is 3.81. The van der Waals surface area contributed by atoms with Gasteiger partial charge in [-0.15, -0.1) is 0 Å². The number of nitrogens with two attached hydrogens (primary N) is 1. The van der Waals surface area contributed by atoms with Crippen LogP contribution in [0.5, 0.6) is 11.5 Å². The minimum atomic E-state index is -0.747. The van der Waals surface area contributed by atoms with Gasteiger partial charge in [0.25, 0.3) is 5.91 Å². The molecule has 0 saturated carbocycles. The highest BCUT2D eigenvalue weighted by molar-refractivity contribution is 5.95. The maximum Gasteiger partial charge on any atom is 0.252 e. The van der Waals surface area contributed by atoms with Crippen LogP contribution in [0, 0.1) is 5.82 Å². The summed E-state index contributed by atoms with van der Waals surface area (Å²) in [6, 6.07) is 2.26. The zero-order chi connectivity index (χ0) is 10.7. The third-order valence-corrected chi connectivity index (χ3v) is 1.74. The number of hydrogen-bond acceptors (Lipinski definition) is 3. The lowest BCUT2D eigenvalue weighted by molar-refractivity contribution is 0.0997. The Bertz CT molecular complexity index is 365. The van der Waals surface area contributed by atoms with E-state index >= 15 is 0 Å². The number of rotatable bonds is 3. The number of methoxy groups -OCH3 is 2. The molecule has 1 aromatic carbocycles. The van der Waals surface area contributed by atoms with Crippen LogP contribution in [-0.2, 0) is 0 Å². The number of benzene rings is 1. The van der Waals surface area contributed by atoms with Gasteiger partial charge in [0.2, 0.25) is 0 Å². The highest BCUT2D eigenvalue weighted by Gasteiger charge is 2.14. The van der Waals surface area contributed by atoms with Gasteiger partial charge in [0.1, 0.15) is 5.75 Å². The SMILES string of the molecule is COc1cc(OC)c(C(N)=O)cc1F. The van der Waals surface area contributed by atoms with E-state index in [2.05, 4.69) is 0 Å². The monoisotopic (exact) mass is 199 g/mol. The van der Waals surface area contributed by atoms with Crippen LogP contribution in [0.1, 0.15) is 10.4 Å². The minimum Gasteiger partial charge on any atom is -0.496 e. The molecule has 1 aromatic rings. The fraction of sp³-hybridized carbons (Fsp3) is 0.222. The van der Waals surface area contributed by atoms with Gasteiger partial charge in [-0.05, 0) is 6.07 Å². The van der Waals surface area contributed by atoms with Gasteiger partial charge in [-0.25, -0.2) is 4.39 Å². The van der Waals surface area contributed by atoms with E-state index in [0.717, 1.165) is 6.07 Å². The average Bonchev–Trinajstić information content (AvgIpc) is 2.17. The van der Waals surface area contributed by atoms with Gasteiger partial charge >= 0.3 is 0 Å². The molecule has 0 fully saturated rings. The van der Waals surface area contributed by atoms with Crippen LogP contribution in [0.3, 0.4) is 0 Å². The second kappa shape index (κ2) is 3.95. The number of primary amides is 1. The van der Waals surface area contributed by atoms with Crippen molar-refractivity contribution < 1.29 is 18.7 Å². The number of amides is 1. The fourth-order valence-electron chi connectivity index (χ4n) is 1.05. The Morgan fingerprint density at radius 1 is 1.29 bits per heavy atom. The molecule has 0 saturated heterocycles. The Morgan fingerprint density at radius 2 is 1.86 bits per heavy atom. The van der Waals surface area contributed by atoms with Crippen molar-refractivity contribution in [1.82, 2.24) is 0 Å². The first-order valence-electron chi connectivity index (χ1n) is 3.81. The zero-order valence-corrected chi connectivity index (χ0v) is 7.83. The predicted octanol–water partition coefficient (Wildman–Crippen LogP) is 0.942. The van der Waals surface area contributed by atoms with Crippen LogP contribution < -0.4 is 15.2 Å². The van der Waals surface area contributed by atoms with Gasteiger partial charge < -0.3 is 15.2 Å².